The van der Waals surface area contributed by atoms with Crippen LogP contribution in [0.4, 0.5) is 0 Å². The molecule has 0 saturated heterocycles. The number of ether oxygens (including phenoxy) is 1. The molecular formula is C9H7IO2. The SMILES string of the molecule is Cc1ccc2c(c1I)OCC2=O. The van der Waals surface area contributed by atoms with Gasteiger partial charge in [0.1, 0.15) is 5.75 Å². The minimum Gasteiger partial charge on any atom is -0.484 e. The number of Topliss-reactive ketones (excluding diaryl/α,β-unsaturated/α-hetero) is 1. The number of rotatable bonds is 0. The Labute approximate surface area is 84.1 Å². The van der Waals surface area contributed by atoms with Crippen LogP contribution < -0.4 is 4.74 Å². The first-order valence-corrected chi connectivity index (χ1v) is 4.73. The molecule has 0 atom stereocenters. The molecule has 12 heavy (non-hydrogen) atoms. The van der Waals surface area contributed by atoms with Crippen LogP contribution in [0.5, 0.6) is 5.75 Å². The number of carbonyl (C=O) groups is 1. The number of carbonyl (C=O) groups excluding carboxylic acids is 1. The molecule has 62 valence electrons. The summed E-state index contributed by atoms with van der Waals surface area (Å²) >= 11 is 2.20. The van der Waals surface area contributed by atoms with Crippen molar-refractivity contribution in [3.63, 3.8) is 0 Å². The van der Waals surface area contributed by atoms with Crippen LogP contribution in [0, 0.1) is 10.5 Å². The predicted octanol–water partition coefficient (Wildman–Crippen LogP) is 2.17. The zero-order chi connectivity index (χ0) is 8.72. The van der Waals surface area contributed by atoms with Crippen LogP contribution >= 0.6 is 22.6 Å². The summed E-state index contributed by atoms with van der Waals surface area (Å²) in [4.78, 5) is 11.2. The fourth-order valence-electron chi connectivity index (χ4n) is 1.23. The summed E-state index contributed by atoms with van der Waals surface area (Å²) in [6.45, 7) is 2.21. The minimum absolute atomic E-state index is 0.0860. The Morgan fingerprint density at radius 1 is 1.50 bits per heavy atom. The Bertz CT molecular complexity index is 358. The lowest BCUT2D eigenvalue weighted by atomic mass is 10.1. The van der Waals surface area contributed by atoms with Gasteiger partial charge in [-0.25, -0.2) is 0 Å². The summed E-state index contributed by atoms with van der Waals surface area (Å²) < 4.78 is 6.32. The second-order valence-corrected chi connectivity index (χ2v) is 3.86. The van der Waals surface area contributed by atoms with Gasteiger partial charge in [-0.2, -0.15) is 0 Å². The van der Waals surface area contributed by atoms with Gasteiger partial charge in [0, 0.05) is 0 Å². The van der Waals surface area contributed by atoms with E-state index in [1.54, 1.807) is 0 Å². The van der Waals surface area contributed by atoms with Crippen LogP contribution in [0.1, 0.15) is 15.9 Å². The fourth-order valence-corrected chi connectivity index (χ4v) is 1.86. The molecule has 1 heterocycles. The van der Waals surface area contributed by atoms with Crippen molar-refractivity contribution in [3.05, 3.63) is 26.8 Å². The normalized spacial score (nSPS) is 14.3. The maximum absolute atomic E-state index is 11.2. The van der Waals surface area contributed by atoms with Crippen LogP contribution in [0.3, 0.4) is 0 Å². The van der Waals surface area contributed by atoms with Gasteiger partial charge < -0.3 is 4.74 Å². The highest BCUT2D eigenvalue weighted by molar-refractivity contribution is 14.1. The molecule has 0 saturated carbocycles. The first-order valence-electron chi connectivity index (χ1n) is 3.65. The monoisotopic (exact) mass is 274 g/mol. The smallest absolute Gasteiger partial charge is 0.203 e. The number of hydrogen-bond acceptors (Lipinski definition) is 2. The van der Waals surface area contributed by atoms with E-state index in [0.29, 0.717) is 0 Å². The largest absolute Gasteiger partial charge is 0.484 e. The molecule has 3 heteroatoms. The zero-order valence-corrected chi connectivity index (χ0v) is 8.71. The standard InChI is InChI=1S/C9H7IO2/c1-5-2-3-6-7(11)4-12-9(6)8(5)10/h2-3H,4H2,1H3. The molecule has 0 amide bonds. The molecule has 0 radical (unpaired) electrons. The lowest BCUT2D eigenvalue weighted by molar-refractivity contribution is 0.0961. The first-order chi connectivity index (χ1) is 5.70. The van der Waals surface area contributed by atoms with Crippen LogP contribution in [0.2, 0.25) is 0 Å². The van der Waals surface area contributed by atoms with Gasteiger partial charge in [-0.05, 0) is 41.1 Å². The number of aryl methyl sites for hydroxylation is 1. The van der Waals surface area contributed by atoms with Gasteiger partial charge in [0.15, 0.2) is 6.61 Å². The Kier molecular flexibility index (Phi) is 1.83. The van der Waals surface area contributed by atoms with E-state index in [1.807, 2.05) is 19.1 Å². The first kappa shape index (κ1) is 8.04. The van der Waals surface area contributed by atoms with Crippen molar-refractivity contribution < 1.29 is 9.53 Å². The van der Waals surface area contributed by atoms with Gasteiger partial charge in [-0.3, -0.25) is 4.79 Å². The van der Waals surface area contributed by atoms with Crippen molar-refractivity contribution in [1.29, 1.82) is 0 Å². The third kappa shape index (κ3) is 1.03. The molecule has 1 aliphatic rings. The number of ketones is 1. The average Bonchev–Trinajstić information content (AvgIpc) is 2.41. The van der Waals surface area contributed by atoms with Crippen molar-refractivity contribution in [2.24, 2.45) is 0 Å². The topological polar surface area (TPSA) is 26.3 Å². The highest BCUT2D eigenvalue weighted by Gasteiger charge is 2.23. The van der Waals surface area contributed by atoms with Gasteiger partial charge >= 0.3 is 0 Å². The van der Waals surface area contributed by atoms with Crippen LogP contribution in [0.15, 0.2) is 12.1 Å². The van der Waals surface area contributed by atoms with Crippen molar-refractivity contribution in [3.8, 4) is 5.75 Å². The van der Waals surface area contributed by atoms with Gasteiger partial charge in [-0.1, -0.05) is 6.07 Å². The van der Waals surface area contributed by atoms with Gasteiger partial charge in [0.05, 0.1) is 9.13 Å². The number of benzene rings is 1. The molecule has 0 spiro atoms. The quantitative estimate of drug-likeness (QED) is 0.678. The highest BCUT2D eigenvalue weighted by Crippen LogP contribution is 2.32. The number of halogens is 1. The van der Waals surface area contributed by atoms with Crippen molar-refractivity contribution in [1.82, 2.24) is 0 Å². The summed E-state index contributed by atoms with van der Waals surface area (Å²) in [5, 5.41) is 0. The Morgan fingerprint density at radius 2 is 2.25 bits per heavy atom. The van der Waals surface area contributed by atoms with E-state index < -0.39 is 0 Å². The van der Waals surface area contributed by atoms with Crippen molar-refractivity contribution in [2.75, 3.05) is 6.61 Å². The molecule has 0 unspecified atom stereocenters. The number of fused-ring (bicyclic) bond motifs is 1. The van der Waals surface area contributed by atoms with Crippen molar-refractivity contribution >= 4 is 28.4 Å². The molecule has 0 bridgehead atoms. The molecule has 0 aliphatic carbocycles. The van der Waals surface area contributed by atoms with E-state index in [4.69, 9.17) is 4.74 Å². The third-order valence-electron chi connectivity index (χ3n) is 1.94. The Hall–Kier alpha value is -0.580. The molecule has 0 fully saturated rings. The summed E-state index contributed by atoms with van der Waals surface area (Å²) in [7, 11) is 0. The van der Waals surface area contributed by atoms with Crippen LogP contribution in [-0.2, 0) is 0 Å². The molecule has 2 nitrogen and oxygen atoms in total. The van der Waals surface area contributed by atoms with Gasteiger partial charge in [0.2, 0.25) is 5.78 Å². The van der Waals surface area contributed by atoms with Gasteiger partial charge in [0.25, 0.3) is 0 Å². The molecule has 1 aliphatic heterocycles. The van der Waals surface area contributed by atoms with E-state index in [-0.39, 0.29) is 12.4 Å². The number of hydrogen-bond donors (Lipinski definition) is 0. The Morgan fingerprint density at radius 3 is 3.00 bits per heavy atom. The summed E-state index contributed by atoms with van der Waals surface area (Å²) in [6.07, 6.45) is 0. The van der Waals surface area contributed by atoms with E-state index in [2.05, 4.69) is 22.6 Å². The zero-order valence-electron chi connectivity index (χ0n) is 6.56. The van der Waals surface area contributed by atoms with Crippen LogP contribution in [-0.4, -0.2) is 12.4 Å². The molecule has 0 aromatic heterocycles. The average molecular weight is 274 g/mol. The molecule has 2 rings (SSSR count). The third-order valence-corrected chi connectivity index (χ3v) is 3.28. The summed E-state index contributed by atoms with van der Waals surface area (Å²) in [6, 6.07) is 3.79. The van der Waals surface area contributed by atoms with Gasteiger partial charge in [-0.15, -0.1) is 0 Å². The van der Waals surface area contributed by atoms with E-state index >= 15 is 0 Å². The van der Waals surface area contributed by atoms with E-state index in [1.165, 1.54) is 0 Å². The molecular weight excluding hydrogens is 267 g/mol. The summed E-state index contributed by atoms with van der Waals surface area (Å²) in [5.41, 5.74) is 1.88. The predicted molar refractivity (Wildman–Crippen MR) is 53.7 cm³/mol. The highest BCUT2D eigenvalue weighted by atomic mass is 127. The van der Waals surface area contributed by atoms with Crippen molar-refractivity contribution in [2.45, 2.75) is 6.92 Å². The lowest BCUT2D eigenvalue weighted by Gasteiger charge is -2.02. The molecule has 0 N–H and O–H groups in total. The Balaban J connectivity index is 2.68. The maximum atomic E-state index is 11.2. The lowest BCUT2D eigenvalue weighted by Crippen LogP contribution is -1.98. The maximum Gasteiger partial charge on any atom is 0.203 e. The minimum atomic E-state index is 0.0860. The second kappa shape index (κ2) is 2.73. The van der Waals surface area contributed by atoms with E-state index in [9.17, 15) is 4.79 Å². The van der Waals surface area contributed by atoms with Crippen LogP contribution in [0.25, 0.3) is 0 Å². The second-order valence-electron chi connectivity index (χ2n) is 2.78. The molecule has 1 aromatic rings. The van der Waals surface area contributed by atoms with E-state index in [0.717, 1.165) is 20.4 Å². The molecule has 1 aromatic carbocycles. The fraction of sp³-hybridized carbons (Fsp3) is 0.222. The summed E-state index contributed by atoms with van der Waals surface area (Å²) in [5.74, 6) is 0.850.